The molecule has 1 aliphatic heterocycles. The minimum absolute atomic E-state index is 0. The van der Waals surface area contributed by atoms with Crippen LogP contribution in [0.5, 0.6) is 28.7 Å². The molecule has 0 fully saturated rings. The van der Waals surface area contributed by atoms with Crippen LogP contribution in [0, 0.1) is 0 Å². The van der Waals surface area contributed by atoms with Crippen LogP contribution in [-0.4, -0.2) is 32.6 Å². The summed E-state index contributed by atoms with van der Waals surface area (Å²) < 4.78 is 22.2. The zero-order valence-corrected chi connectivity index (χ0v) is 23.8. The van der Waals surface area contributed by atoms with E-state index >= 15 is 0 Å². The zero-order chi connectivity index (χ0) is 25.7. The third-order valence-corrected chi connectivity index (χ3v) is 6.43. The number of hydrogen-bond donors (Lipinski definition) is 0. The molecule has 1 atom stereocenters. The molecule has 188 valence electrons. The fourth-order valence-corrected chi connectivity index (χ4v) is 4.42. The molecular weight excluding hydrogens is 507 g/mol. The maximum atomic E-state index is 12.7. The topological polar surface area (TPSA) is 94.1 Å². The van der Waals surface area contributed by atoms with Crippen molar-refractivity contribution >= 4 is 23.4 Å². The Morgan fingerprint density at radius 1 is 1.00 bits per heavy atom. The van der Waals surface area contributed by atoms with Crippen molar-refractivity contribution in [2.45, 2.75) is 31.6 Å². The van der Waals surface area contributed by atoms with Gasteiger partial charge in [0, 0.05) is 35.5 Å². The Balaban J connectivity index is 0.00000380. The molecule has 0 bridgehead atoms. The molecule has 4 rings (SSSR count). The van der Waals surface area contributed by atoms with Crippen molar-refractivity contribution in [3.05, 3.63) is 76.3 Å². The molecule has 0 N–H and O–H groups in total. The number of carbonyl (C=O) groups is 2. The summed E-state index contributed by atoms with van der Waals surface area (Å²) in [6.45, 7) is 0.272. The molecule has 0 saturated heterocycles. The van der Waals surface area contributed by atoms with E-state index < -0.39 is 11.9 Å². The summed E-state index contributed by atoms with van der Waals surface area (Å²) in [4.78, 5) is 24.1. The summed E-state index contributed by atoms with van der Waals surface area (Å²) in [5.74, 6) is 0.847. The van der Waals surface area contributed by atoms with Crippen LogP contribution in [0.2, 0.25) is 5.02 Å². The molecule has 37 heavy (non-hydrogen) atoms. The van der Waals surface area contributed by atoms with E-state index in [1.165, 1.54) is 0 Å². The van der Waals surface area contributed by atoms with Crippen LogP contribution in [0.3, 0.4) is 0 Å². The number of aliphatic carboxylic acids is 1. The van der Waals surface area contributed by atoms with Gasteiger partial charge in [0.05, 0.1) is 25.8 Å². The van der Waals surface area contributed by atoms with Crippen LogP contribution in [0.1, 0.15) is 46.7 Å². The molecule has 1 aliphatic rings. The van der Waals surface area contributed by atoms with Gasteiger partial charge in [-0.1, -0.05) is 11.6 Å². The van der Waals surface area contributed by atoms with Gasteiger partial charge >= 0.3 is 29.6 Å². The second kappa shape index (κ2) is 13.2. The molecule has 0 spiro atoms. The van der Waals surface area contributed by atoms with Gasteiger partial charge < -0.3 is 28.8 Å². The standard InChI is InChI=1S/C28H27ClO7.Na/c1-33-20-10-11-25(34-2)18(14-20)4-3-5-24(30)17-6-8-19(9-7-17)36-27-16-26-22(15-23(27)29)21(28(31)32)12-13-35-26;/h6-11,14-16,21H,3-5,12-13H2,1-2H3,(H,31,32);/q;+1/p-1. The van der Waals surface area contributed by atoms with E-state index in [4.69, 9.17) is 30.5 Å². The Hall–Kier alpha value is -2.71. The van der Waals surface area contributed by atoms with Crippen molar-refractivity contribution in [2.75, 3.05) is 20.8 Å². The summed E-state index contributed by atoms with van der Waals surface area (Å²) in [6, 6.07) is 15.5. The minimum Gasteiger partial charge on any atom is -0.549 e. The van der Waals surface area contributed by atoms with Gasteiger partial charge in [-0.05, 0) is 73.4 Å². The second-order valence-electron chi connectivity index (χ2n) is 8.41. The monoisotopic (exact) mass is 532 g/mol. The van der Waals surface area contributed by atoms with Gasteiger partial charge in [-0.2, -0.15) is 0 Å². The van der Waals surface area contributed by atoms with Crippen molar-refractivity contribution in [3.8, 4) is 28.7 Å². The largest absolute Gasteiger partial charge is 1.00 e. The number of hydrogen-bond acceptors (Lipinski definition) is 7. The van der Waals surface area contributed by atoms with Gasteiger partial charge in [0.25, 0.3) is 0 Å². The maximum absolute atomic E-state index is 12.7. The van der Waals surface area contributed by atoms with Gasteiger partial charge in [0.2, 0.25) is 0 Å². The number of carboxylic acids is 1. The Labute approximate surface area is 242 Å². The van der Waals surface area contributed by atoms with E-state index in [1.807, 2.05) is 18.2 Å². The number of carboxylic acid groups (broad SMARTS) is 1. The normalized spacial score (nSPS) is 14.0. The van der Waals surface area contributed by atoms with Gasteiger partial charge in [0.1, 0.15) is 28.7 Å². The summed E-state index contributed by atoms with van der Waals surface area (Å²) in [7, 11) is 3.23. The summed E-state index contributed by atoms with van der Waals surface area (Å²) in [5, 5.41) is 11.7. The first kappa shape index (κ1) is 28.9. The third-order valence-electron chi connectivity index (χ3n) is 6.13. The van der Waals surface area contributed by atoms with E-state index in [0.717, 1.165) is 17.1 Å². The van der Waals surface area contributed by atoms with E-state index in [-0.39, 0.29) is 47.0 Å². The number of fused-ring (bicyclic) bond motifs is 1. The molecular formula is C28H26ClNaO7. The number of Topliss-reactive ketones (excluding diaryl/α,β-unsaturated/α-hetero) is 1. The SMILES string of the molecule is COc1ccc(OC)c(CCCC(=O)c2ccc(Oc3cc4c(cc3Cl)C(C(=O)[O-])CCO4)cc2)c1.[Na+]. The van der Waals surface area contributed by atoms with Crippen LogP contribution in [0.4, 0.5) is 0 Å². The number of benzene rings is 3. The Kier molecular flexibility index (Phi) is 10.3. The molecule has 7 nitrogen and oxygen atoms in total. The smallest absolute Gasteiger partial charge is 0.549 e. The second-order valence-corrected chi connectivity index (χ2v) is 8.82. The third kappa shape index (κ3) is 6.99. The number of methoxy groups -OCH3 is 2. The van der Waals surface area contributed by atoms with E-state index in [1.54, 1.807) is 50.6 Å². The minimum atomic E-state index is -1.16. The fourth-order valence-electron chi connectivity index (χ4n) is 4.21. The molecule has 0 aromatic heterocycles. The zero-order valence-electron chi connectivity index (χ0n) is 21.0. The maximum Gasteiger partial charge on any atom is 1.00 e. The molecule has 0 amide bonds. The molecule has 9 heteroatoms. The predicted molar refractivity (Wildman–Crippen MR) is 133 cm³/mol. The van der Waals surface area contributed by atoms with Crippen LogP contribution >= 0.6 is 11.6 Å². The van der Waals surface area contributed by atoms with E-state index in [2.05, 4.69) is 0 Å². The predicted octanol–water partition coefficient (Wildman–Crippen LogP) is 1.98. The number of ether oxygens (including phenoxy) is 4. The Bertz CT molecular complexity index is 1260. The number of halogens is 1. The first-order valence-corrected chi connectivity index (χ1v) is 12.0. The van der Waals surface area contributed by atoms with Gasteiger partial charge in [-0.25, -0.2) is 0 Å². The number of ketones is 1. The quantitative estimate of drug-likeness (QED) is 0.291. The average Bonchev–Trinajstić information content (AvgIpc) is 2.89. The van der Waals surface area contributed by atoms with E-state index in [0.29, 0.717) is 54.1 Å². The Morgan fingerprint density at radius 3 is 2.41 bits per heavy atom. The summed E-state index contributed by atoms with van der Waals surface area (Å²) in [6.07, 6.45) is 2.06. The van der Waals surface area contributed by atoms with Crippen LogP contribution in [0.25, 0.3) is 0 Å². The Morgan fingerprint density at radius 2 is 1.73 bits per heavy atom. The number of rotatable bonds is 10. The molecule has 0 aliphatic carbocycles. The molecule has 1 unspecified atom stereocenters. The molecule has 1 heterocycles. The molecule has 0 radical (unpaired) electrons. The average molecular weight is 533 g/mol. The van der Waals surface area contributed by atoms with Gasteiger partial charge in [-0.15, -0.1) is 0 Å². The number of aryl methyl sites for hydroxylation is 1. The summed E-state index contributed by atoms with van der Waals surface area (Å²) >= 11 is 6.35. The fraction of sp³-hybridized carbons (Fsp3) is 0.286. The van der Waals surface area contributed by atoms with Crippen LogP contribution in [0.15, 0.2) is 54.6 Å². The molecule has 0 saturated carbocycles. The van der Waals surface area contributed by atoms with Crippen molar-refractivity contribution < 1.29 is 63.2 Å². The van der Waals surface area contributed by atoms with Crippen molar-refractivity contribution in [3.63, 3.8) is 0 Å². The summed E-state index contributed by atoms with van der Waals surface area (Å²) in [5.41, 5.74) is 2.05. The first-order valence-electron chi connectivity index (χ1n) is 11.6. The number of carbonyl (C=O) groups excluding carboxylic acids is 2. The van der Waals surface area contributed by atoms with E-state index in [9.17, 15) is 14.7 Å². The van der Waals surface area contributed by atoms with Gasteiger partial charge in [0.15, 0.2) is 5.78 Å². The first-order chi connectivity index (χ1) is 17.4. The van der Waals surface area contributed by atoms with Crippen molar-refractivity contribution in [2.24, 2.45) is 0 Å². The molecule has 3 aromatic carbocycles. The molecule has 3 aromatic rings. The van der Waals surface area contributed by atoms with Crippen molar-refractivity contribution in [1.29, 1.82) is 0 Å². The van der Waals surface area contributed by atoms with Crippen LogP contribution < -0.4 is 53.6 Å². The van der Waals surface area contributed by atoms with Gasteiger partial charge in [-0.3, -0.25) is 4.79 Å². The van der Waals surface area contributed by atoms with Crippen molar-refractivity contribution in [1.82, 2.24) is 0 Å². The van der Waals surface area contributed by atoms with Crippen LogP contribution in [-0.2, 0) is 11.2 Å².